The van der Waals surface area contributed by atoms with Gasteiger partial charge in [-0.2, -0.15) is 4.98 Å². The molecule has 8 heteroatoms. The van der Waals surface area contributed by atoms with Crippen molar-refractivity contribution >= 4 is 11.7 Å². The van der Waals surface area contributed by atoms with Crippen LogP contribution in [0.3, 0.4) is 0 Å². The number of rotatable bonds is 3. The molecule has 1 aromatic carbocycles. The standard InChI is InChI=1S/C20H20FN5O2/c21-15-8-3-4-9-16(15)23-20(27)26-12-5-1-2-10-17(26)19-24-18(25-28-19)14-7-6-11-22-13-14/h3-4,6-9,11,13,17H,1-2,5,10,12H2,(H,23,27). The zero-order valence-corrected chi connectivity index (χ0v) is 15.2. The number of pyridine rings is 1. The van der Waals surface area contributed by atoms with E-state index in [4.69, 9.17) is 4.52 Å². The Balaban J connectivity index is 1.58. The number of amides is 2. The summed E-state index contributed by atoms with van der Waals surface area (Å²) in [6.07, 6.45) is 6.85. The molecule has 1 unspecified atom stereocenters. The van der Waals surface area contributed by atoms with Crippen molar-refractivity contribution in [2.45, 2.75) is 31.7 Å². The Labute approximate surface area is 161 Å². The molecule has 1 fully saturated rings. The molecule has 2 amide bonds. The van der Waals surface area contributed by atoms with Crippen molar-refractivity contribution < 1.29 is 13.7 Å². The van der Waals surface area contributed by atoms with Gasteiger partial charge in [-0.05, 0) is 37.1 Å². The van der Waals surface area contributed by atoms with Crippen LogP contribution in [0.1, 0.15) is 37.6 Å². The lowest BCUT2D eigenvalue weighted by atomic mass is 10.1. The van der Waals surface area contributed by atoms with Gasteiger partial charge >= 0.3 is 6.03 Å². The summed E-state index contributed by atoms with van der Waals surface area (Å²) in [5.74, 6) is 0.338. The predicted octanol–water partition coefficient (Wildman–Crippen LogP) is 4.42. The van der Waals surface area contributed by atoms with Crippen molar-refractivity contribution in [1.29, 1.82) is 0 Å². The lowest BCUT2D eigenvalue weighted by molar-refractivity contribution is 0.171. The highest BCUT2D eigenvalue weighted by molar-refractivity contribution is 5.89. The molecule has 4 rings (SSSR count). The monoisotopic (exact) mass is 381 g/mol. The fraction of sp³-hybridized carbons (Fsp3) is 0.300. The van der Waals surface area contributed by atoms with Crippen LogP contribution in [0.4, 0.5) is 14.9 Å². The Morgan fingerprint density at radius 2 is 2.07 bits per heavy atom. The molecule has 1 N–H and O–H groups in total. The number of hydrogen-bond acceptors (Lipinski definition) is 5. The van der Waals surface area contributed by atoms with Gasteiger partial charge in [-0.1, -0.05) is 30.1 Å². The number of urea groups is 1. The Hall–Kier alpha value is -3.29. The summed E-state index contributed by atoms with van der Waals surface area (Å²) in [6.45, 7) is 0.537. The van der Waals surface area contributed by atoms with E-state index in [1.54, 1.807) is 35.5 Å². The van der Waals surface area contributed by atoms with Crippen molar-refractivity contribution in [2.24, 2.45) is 0 Å². The number of para-hydroxylation sites is 1. The van der Waals surface area contributed by atoms with Gasteiger partial charge in [-0.3, -0.25) is 4.98 Å². The van der Waals surface area contributed by atoms with Crippen LogP contribution in [0.15, 0.2) is 53.3 Å². The van der Waals surface area contributed by atoms with Crippen molar-refractivity contribution in [3.63, 3.8) is 0 Å². The first-order chi connectivity index (χ1) is 13.7. The second-order valence-corrected chi connectivity index (χ2v) is 6.67. The topological polar surface area (TPSA) is 84.2 Å². The predicted molar refractivity (Wildman–Crippen MR) is 101 cm³/mol. The molecular weight excluding hydrogens is 361 g/mol. The number of likely N-dealkylation sites (tertiary alicyclic amines) is 1. The molecule has 1 saturated heterocycles. The normalized spacial score (nSPS) is 17.2. The zero-order valence-electron chi connectivity index (χ0n) is 15.2. The summed E-state index contributed by atoms with van der Waals surface area (Å²) in [7, 11) is 0. The first-order valence-electron chi connectivity index (χ1n) is 9.28. The van der Waals surface area contributed by atoms with Crippen LogP contribution in [0.25, 0.3) is 11.4 Å². The van der Waals surface area contributed by atoms with Gasteiger partial charge in [0.2, 0.25) is 11.7 Å². The highest BCUT2D eigenvalue weighted by Gasteiger charge is 2.31. The van der Waals surface area contributed by atoms with E-state index in [0.29, 0.717) is 24.7 Å². The van der Waals surface area contributed by atoms with Gasteiger partial charge in [0.25, 0.3) is 0 Å². The van der Waals surface area contributed by atoms with Crippen LogP contribution in [-0.2, 0) is 0 Å². The van der Waals surface area contributed by atoms with E-state index in [1.807, 2.05) is 6.07 Å². The van der Waals surface area contributed by atoms with Crippen molar-refractivity contribution in [3.05, 3.63) is 60.5 Å². The van der Waals surface area contributed by atoms with Crippen molar-refractivity contribution in [1.82, 2.24) is 20.0 Å². The van der Waals surface area contributed by atoms with Gasteiger partial charge in [0.15, 0.2) is 0 Å². The second-order valence-electron chi connectivity index (χ2n) is 6.67. The molecule has 3 aromatic rings. The first-order valence-corrected chi connectivity index (χ1v) is 9.28. The number of hydrogen-bond donors (Lipinski definition) is 1. The lowest BCUT2D eigenvalue weighted by Gasteiger charge is -2.27. The largest absolute Gasteiger partial charge is 0.337 e. The van der Waals surface area contributed by atoms with Crippen LogP contribution in [0.5, 0.6) is 0 Å². The number of carbonyl (C=O) groups excluding carboxylic acids is 1. The van der Waals surface area contributed by atoms with E-state index in [9.17, 15) is 9.18 Å². The molecular formula is C20H20FN5O2. The molecule has 0 aliphatic carbocycles. The number of nitrogens with zero attached hydrogens (tertiary/aromatic N) is 4. The van der Waals surface area contributed by atoms with Crippen molar-refractivity contribution in [3.8, 4) is 11.4 Å². The summed E-state index contributed by atoms with van der Waals surface area (Å²) in [6, 6.07) is 9.02. The molecule has 28 heavy (non-hydrogen) atoms. The third kappa shape index (κ3) is 3.85. The Morgan fingerprint density at radius 3 is 2.89 bits per heavy atom. The molecule has 0 bridgehead atoms. The van der Waals surface area contributed by atoms with Gasteiger partial charge in [0.1, 0.15) is 11.9 Å². The minimum atomic E-state index is -0.473. The van der Waals surface area contributed by atoms with Gasteiger partial charge in [-0.25, -0.2) is 9.18 Å². The van der Waals surface area contributed by atoms with Crippen LogP contribution in [0.2, 0.25) is 0 Å². The average Bonchev–Trinajstić information content (AvgIpc) is 3.08. The average molecular weight is 381 g/mol. The maximum absolute atomic E-state index is 13.9. The number of anilines is 1. The highest BCUT2D eigenvalue weighted by atomic mass is 19.1. The number of nitrogens with one attached hydrogen (secondary N) is 1. The van der Waals surface area contributed by atoms with Crippen LogP contribution in [0, 0.1) is 5.82 Å². The Kier molecular flexibility index (Phi) is 5.27. The van der Waals surface area contributed by atoms with Gasteiger partial charge in [0.05, 0.1) is 5.69 Å². The molecule has 0 saturated carbocycles. The van der Waals surface area contributed by atoms with Crippen LogP contribution >= 0.6 is 0 Å². The minimum absolute atomic E-state index is 0.150. The smallest absolute Gasteiger partial charge is 0.322 e. The summed E-state index contributed by atoms with van der Waals surface area (Å²) in [5, 5.41) is 6.70. The van der Waals surface area contributed by atoms with E-state index in [2.05, 4.69) is 20.4 Å². The van der Waals surface area contributed by atoms with Crippen molar-refractivity contribution in [2.75, 3.05) is 11.9 Å². The van der Waals surface area contributed by atoms with Crippen LogP contribution in [-0.4, -0.2) is 32.6 Å². The number of benzene rings is 1. The summed E-state index contributed by atoms with van der Waals surface area (Å²) in [4.78, 5) is 23.1. The maximum Gasteiger partial charge on any atom is 0.322 e. The molecule has 2 aromatic heterocycles. The zero-order chi connectivity index (χ0) is 19.3. The van der Waals surface area contributed by atoms with E-state index in [0.717, 1.165) is 24.8 Å². The highest BCUT2D eigenvalue weighted by Crippen LogP contribution is 2.31. The van der Waals surface area contributed by atoms with E-state index in [-0.39, 0.29) is 17.8 Å². The third-order valence-electron chi connectivity index (χ3n) is 4.78. The van der Waals surface area contributed by atoms with E-state index < -0.39 is 5.82 Å². The van der Waals surface area contributed by atoms with Gasteiger partial charge in [0, 0.05) is 24.5 Å². The van der Waals surface area contributed by atoms with E-state index >= 15 is 0 Å². The van der Waals surface area contributed by atoms with Crippen LogP contribution < -0.4 is 5.32 Å². The molecule has 3 heterocycles. The second kappa shape index (κ2) is 8.16. The SMILES string of the molecule is O=C(Nc1ccccc1F)N1CCCCCC1c1nc(-c2cccnc2)no1. The summed E-state index contributed by atoms with van der Waals surface area (Å²) >= 11 is 0. The lowest BCUT2D eigenvalue weighted by Crippen LogP contribution is -2.38. The Bertz CT molecular complexity index is 947. The number of carbonyl (C=O) groups is 1. The maximum atomic E-state index is 13.9. The number of halogens is 1. The Morgan fingerprint density at radius 1 is 1.18 bits per heavy atom. The summed E-state index contributed by atoms with van der Waals surface area (Å²) in [5.41, 5.74) is 0.894. The van der Waals surface area contributed by atoms with Gasteiger partial charge in [-0.15, -0.1) is 0 Å². The number of aromatic nitrogens is 3. The minimum Gasteiger partial charge on any atom is -0.337 e. The quantitative estimate of drug-likeness (QED) is 0.726. The molecule has 1 aliphatic rings. The molecule has 0 radical (unpaired) electrons. The molecule has 1 atom stereocenters. The summed E-state index contributed by atoms with van der Waals surface area (Å²) < 4.78 is 19.4. The molecule has 1 aliphatic heterocycles. The fourth-order valence-corrected chi connectivity index (χ4v) is 3.34. The molecule has 7 nitrogen and oxygen atoms in total. The molecule has 144 valence electrons. The van der Waals surface area contributed by atoms with E-state index in [1.165, 1.54) is 12.1 Å². The molecule has 0 spiro atoms. The first kappa shape index (κ1) is 18.1. The fourth-order valence-electron chi connectivity index (χ4n) is 3.34. The third-order valence-corrected chi connectivity index (χ3v) is 4.78. The van der Waals surface area contributed by atoms with Gasteiger partial charge < -0.3 is 14.7 Å².